The van der Waals surface area contributed by atoms with Gasteiger partial charge in [-0.25, -0.2) is 5.01 Å². The van der Waals surface area contributed by atoms with E-state index >= 15 is 0 Å². The van der Waals surface area contributed by atoms with Crippen LogP contribution in [0.3, 0.4) is 0 Å². The van der Waals surface area contributed by atoms with E-state index in [1.165, 1.54) is 9.91 Å². The number of piperazine rings is 1. The van der Waals surface area contributed by atoms with Gasteiger partial charge in [0.1, 0.15) is 12.2 Å². The average molecular weight is 302 g/mol. The Labute approximate surface area is 128 Å². The van der Waals surface area contributed by atoms with Crippen LogP contribution < -0.4 is 0 Å². The van der Waals surface area contributed by atoms with Gasteiger partial charge >= 0.3 is 0 Å². The van der Waals surface area contributed by atoms with Gasteiger partial charge in [-0.2, -0.15) is 0 Å². The molecule has 1 aromatic rings. The number of amides is 3. The molecule has 0 spiro atoms. The van der Waals surface area contributed by atoms with Crippen molar-refractivity contribution >= 4 is 18.2 Å². The fourth-order valence-corrected chi connectivity index (χ4v) is 3.12. The standard InChI is InChI=1S/C15H18N4O3/c1-16-8-12-18(10-20)17(2)9-13(21)19(12)14(15(16)22)11-6-4-3-5-7-11/h3-7,10,12,14H,8-9H2,1-2H3/t12?,14-/m0/s1. The van der Waals surface area contributed by atoms with E-state index in [9.17, 15) is 14.4 Å². The molecule has 2 aliphatic heterocycles. The van der Waals surface area contributed by atoms with E-state index in [2.05, 4.69) is 0 Å². The van der Waals surface area contributed by atoms with Crippen LogP contribution in [-0.4, -0.2) is 71.4 Å². The molecule has 0 bridgehead atoms. The molecule has 0 N–H and O–H groups in total. The molecule has 2 heterocycles. The number of hydrazine groups is 1. The van der Waals surface area contributed by atoms with Crippen LogP contribution >= 0.6 is 0 Å². The van der Waals surface area contributed by atoms with E-state index in [0.717, 1.165) is 5.56 Å². The molecular weight excluding hydrogens is 284 g/mol. The first-order valence-corrected chi connectivity index (χ1v) is 7.10. The molecular formula is C15H18N4O3. The van der Waals surface area contributed by atoms with Crippen molar-refractivity contribution in [2.45, 2.75) is 12.2 Å². The molecule has 3 rings (SSSR count). The van der Waals surface area contributed by atoms with Crippen LogP contribution in [0.15, 0.2) is 30.3 Å². The number of hydrogen-bond donors (Lipinski definition) is 0. The van der Waals surface area contributed by atoms with Gasteiger partial charge in [0.15, 0.2) is 0 Å². The van der Waals surface area contributed by atoms with Gasteiger partial charge in [0.05, 0.1) is 13.1 Å². The lowest BCUT2D eigenvalue weighted by molar-refractivity contribution is -0.195. The molecule has 0 aliphatic carbocycles. The maximum absolute atomic E-state index is 12.6. The summed E-state index contributed by atoms with van der Waals surface area (Å²) in [6.45, 7) is 0.382. The molecule has 7 nitrogen and oxygen atoms in total. The van der Waals surface area contributed by atoms with Gasteiger partial charge in [-0.3, -0.25) is 19.4 Å². The number of likely N-dealkylation sites (N-methyl/N-ethyl adjacent to an activating group) is 2. The summed E-state index contributed by atoms with van der Waals surface area (Å²) in [5.41, 5.74) is 0.757. The van der Waals surface area contributed by atoms with Crippen LogP contribution in [0.1, 0.15) is 11.6 Å². The predicted octanol–water partition coefficient (Wildman–Crippen LogP) is -0.327. The molecule has 22 heavy (non-hydrogen) atoms. The smallest absolute Gasteiger partial charge is 0.249 e. The lowest BCUT2D eigenvalue weighted by atomic mass is 9.99. The van der Waals surface area contributed by atoms with E-state index in [1.807, 2.05) is 30.3 Å². The first kappa shape index (κ1) is 14.5. The highest BCUT2D eigenvalue weighted by atomic mass is 16.2. The zero-order valence-corrected chi connectivity index (χ0v) is 12.5. The SMILES string of the molecule is CN1CC2N(C(=O)CN(C)N2C=O)[C@@H](c2ccccc2)C1=O. The monoisotopic (exact) mass is 302 g/mol. The average Bonchev–Trinajstić information content (AvgIpc) is 2.50. The minimum absolute atomic E-state index is 0.0789. The third kappa shape index (κ3) is 2.14. The molecule has 0 aromatic heterocycles. The largest absolute Gasteiger partial charge is 0.340 e. The molecule has 2 fully saturated rings. The second-order valence-electron chi connectivity index (χ2n) is 5.61. The van der Waals surface area contributed by atoms with Crippen LogP contribution in [0.2, 0.25) is 0 Å². The summed E-state index contributed by atoms with van der Waals surface area (Å²) in [7, 11) is 3.38. The van der Waals surface area contributed by atoms with Crippen molar-refractivity contribution in [3.63, 3.8) is 0 Å². The van der Waals surface area contributed by atoms with Crippen molar-refractivity contribution in [1.82, 2.24) is 19.8 Å². The minimum atomic E-state index is -0.686. The van der Waals surface area contributed by atoms with Gasteiger partial charge in [-0.05, 0) is 5.56 Å². The van der Waals surface area contributed by atoms with Crippen molar-refractivity contribution in [1.29, 1.82) is 0 Å². The molecule has 2 saturated heterocycles. The van der Waals surface area contributed by atoms with Gasteiger partial charge < -0.3 is 9.80 Å². The highest BCUT2D eigenvalue weighted by molar-refractivity contribution is 5.91. The molecule has 7 heteroatoms. The Morgan fingerprint density at radius 3 is 2.45 bits per heavy atom. The van der Waals surface area contributed by atoms with Gasteiger partial charge in [-0.1, -0.05) is 30.3 Å². The van der Waals surface area contributed by atoms with E-state index in [-0.39, 0.29) is 18.4 Å². The quantitative estimate of drug-likeness (QED) is 0.702. The summed E-state index contributed by atoms with van der Waals surface area (Å²) < 4.78 is 0. The Kier molecular flexibility index (Phi) is 3.58. The highest BCUT2D eigenvalue weighted by Crippen LogP contribution is 2.32. The third-order valence-electron chi connectivity index (χ3n) is 4.22. The van der Waals surface area contributed by atoms with Crippen molar-refractivity contribution in [2.75, 3.05) is 27.2 Å². The number of rotatable bonds is 2. The first-order valence-electron chi connectivity index (χ1n) is 7.10. The maximum atomic E-state index is 12.6. The number of hydrogen-bond acceptors (Lipinski definition) is 4. The minimum Gasteiger partial charge on any atom is -0.340 e. The van der Waals surface area contributed by atoms with Crippen LogP contribution in [-0.2, 0) is 14.4 Å². The fraction of sp³-hybridized carbons (Fsp3) is 0.400. The molecule has 3 amide bonds. The lowest BCUT2D eigenvalue weighted by Gasteiger charge is -2.53. The molecule has 2 atom stereocenters. The summed E-state index contributed by atoms with van der Waals surface area (Å²) in [5.74, 6) is -0.285. The fourth-order valence-electron chi connectivity index (χ4n) is 3.12. The van der Waals surface area contributed by atoms with Gasteiger partial charge in [0.25, 0.3) is 0 Å². The summed E-state index contributed by atoms with van der Waals surface area (Å²) in [6.07, 6.45) is 0.229. The van der Waals surface area contributed by atoms with E-state index < -0.39 is 12.2 Å². The van der Waals surface area contributed by atoms with Crippen molar-refractivity contribution in [3.8, 4) is 0 Å². The number of nitrogens with zero attached hydrogens (tertiary/aromatic N) is 4. The van der Waals surface area contributed by atoms with E-state index in [4.69, 9.17) is 0 Å². The Balaban J connectivity index is 2.06. The molecule has 116 valence electrons. The third-order valence-corrected chi connectivity index (χ3v) is 4.22. The Hall–Kier alpha value is -2.41. The summed E-state index contributed by atoms with van der Waals surface area (Å²) in [6, 6.07) is 8.51. The zero-order valence-electron chi connectivity index (χ0n) is 12.5. The summed E-state index contributed by atoms with van der Waals surface area (Å²) in [4.78, 5) is 39.6. The zero-order chi connectivity index (χ0) is 15.9. The second-order valence-corrected chi connectivity index (χ2v) is 5.61. The van der Waals surface area contributed by atoms with Crippen LogP contribution in [0.5, 0.6) is 0 Å². The second kappa shape index (κ2) is 5.42. The molecule has 2 aliphatic rings. The number of carbonyl (C=O) groups excluding carboxylic acids is 3. The highest BCUT2D eigenvalue weighted by Gasteiger charge is 2.48. The summed E-state index contributed by atoms with van der Waals surface area (Å²) in [5, 5.41) is 3.06. The van der Waals surface area contributed by atoms with Gasteiger partial charge in [-0.15, -0.1) is 0 Å². The topological polar surface area (TPSA) is 64.2 Å². The molecule has 1 aromatic carbocycles. The predicted molar refractivity (Wildman–Crippen MR) is 78.0 cm³/mol. The number of benzene rings is 1. The van der Waals surface area contributed by atoms with E-state index in [0.29, 0.717) is 13.0 Å². The maximum Gasteiger partial charge on any atom is 0.249 e. The van der Waals surface area contributed by atoms with E-state index in [1.54, 1.807) is 24.0 Å². The number of fused-ring (bicyclic) bond motifs is 1. The Bertz CT molecular complexity index is 606. The van der Waals surface area contributed by atoms with Crippen LogP contribution in [0.4, 0.5) is 0 Å². The van der Waals surface area contributed by atoms with Crippen molar-refractivity contribution in [2.24, 2.45) is 0 Å². The van der Waals surface area contributed by atoms with Crippen LogP contribution in [0.25, 0.3) is 0 Å². The molecule has 0 saturated carbocycles. The molecule has 0 radical (unpaired) electrons. The number of carbonyl (C=O) groups is 3. The van der Waals surface area contributed by atoms with Crippen molar-refractivity contribution < 1.29 is 14.4 Å². The van der Waals surface area contributed by atoms with Crippen LogP contribution in [0, 0.1) is 0 Å². The Morgan fingerprint density at radius 1 is 1.14 bits per heavy atom. The molecule has 1 unspecified atom stereocenters. The lowest BCUT2D eigenvalue weighted by Crippen LogP contribution is -2.71. The van der Waals surface area contributed by atoms with Gasteiger partial charge in [0.2, 0.25) is 18.2 Å². The first-order chi connectivity index (χ1) is 10.5. The normalized spacial score (nSPS) is 26.2. The summed E-state index contributed by atoms with van der Waals surface area (Å²) >= 11 is 0. The van der Waals surface area contributed by atoms with Crippen molar-refractivity contribution in [3.05, 3.63) is 35.9 Å². The Morgan fingerprint density at radius 2 is 1.82 bits per heavy atom. The van der Waals surface area contributed by atoms with Gasteiger partial charge in [0, 0.05) is 14.1 Å².